The molecule has 1 N–H and O–H groups in total. The zero-order valence-electron chi connectivity index (χ0n) is 8.77. The van der Waals surface area contributed by atoms with E-state index in [1.54, 1.807) is 6.07 Å². The Labute approximate surface area is 93.9 Å². The molecular weight excluding hydrogens is 213 g/mol. The average molecular weight is 226 g/mol. The number of hydrogen-bond acceptors (Lipinski definition) is 1. The molecule has 0 fully saturated rings. The molecule has 1 heterocycles. The van der Waals surface area contributed by atoms with Crippen LogP contribution in [-0.2, 0) is 0 Å². The Morgan fingerprint density at radius 3 is 2.73 bits per heavy atom. The molecule has 1 unspecified atom stereocenters. The monoisotopic (exact) mass is 225 g/mol. The third-order valence-corrected chi connectivity index (χ3v) is 3.11. The van der Waals surface area contributed by atoms with Crippen LogP contribution in [0, 0.1) is 11.7 Å². The molecule has 0 bridgehead atoms. The maximum Gasteiger partial charge on any atom is 0.147 e. The van der Waals surface area contributed by atoms with Crippen LogP contribution in [0.3, 0.4) is 0 Å². The SMILES string of the molecule is C=C1Nc2c(F)ccc(Cl)c2C1C(C)C. The van der Waals surface area contributed by atoms with Gasteiger partial charge in [-0.1, -0.05) is 32.0 Å². The third kappa shape index (κ3) is 1.53. The van der Waals surface area contributed by atoms with Gasteiger partial charge in [-0.2, -0.15) is 0 Å². The summed E-state index contributed by atoms with van der Waals surface area (Å²) in [6.07, 6.45) is 0. The van der Waals surface area contributed by atoms with E-state index in [0.717, 1.165) is 11.3 Å². The molecule has 3 heteroatoms. The second kappa shape index (κ2) is 3.53. The number of anilines is 1. The molecule has 2 rings (SSSR count). The highest BCUT2D eigenvalue weighted by Crippen LogP contribution is 2.46. The number of rotatable bonds is 1. The minimum Gasteiger partial charge on any atom is -0.356 e. The van der Waals surface area contributed by atoms with Crippen molar-refractivity contribution < 1.29 is 4.39 Å². The molecule has 1 atom stereocenters. The van der Waals surface area contributed by atoms with Gasteiger partial charge in [0.25, 0.3) is 0 Å². The van der Waals surface area contributed by atoms with Gasteiger partial charge in [0, 0.05) is 22.2 Å². The predicted octanol–water partition coefficient (Wildman–Crippen LogP) is 4.16. The average Bonchev–Trinajstić information content (AvgIpc) is 2.50. The second-order valence-corrected chi connectivity index (χ2v) is 4.60. The van der Waals surface area contributed by atoms with Crippen LogP contribution in [0.5, 0.6) is 0 Å². The van der Waals surface area contributed by atoms with E-state index in [-0.39, 0.29) is 11.7 Å². The zero-order chi connectivity index (χ0) is 11.2. The number of fused-ring (bicyclic) bond motifs is 1. The number of halogens is 2. The summed E-state index contributed by atoms with van der Waals surface area (Å²) in [6, 6.07) is 2.98. The van der Waals surface area contributed by atoms with Gasteiger partial charge >= 0.3 is 0 Å². The van der Waals surface area contributed by atoms with Crippen LogP contribution in [0.1, 0.15) is 25.3 Å². The molecule has 0 spiro atoms. The maximum absolute atomic E-state index is 13.5. The fourth-order valence-electron chi connectivity index (χ4n) is 2.15. The molecule has 1 nitrogen and oxygen atoms in total. The van der Waals surface area contributed by atoms with E-state index in [9.17, 15) is 4.39 Å². The van der Waals surface area contributed by atoms with Crippen LogP contribution < -0.4 is 5.32 Å². The summed E-state index contributed by atoms with van der Waals surface area (Å²) >= 11 is 6.10. The van der Waals surface area contributed by atoms with Crippen LogP contribution in [-0.4, -0.2) is 0 Å². The molecular formula is C12H13ClFN. The quantitative estimate of drug-likeness (QED) is 0.757. The lowest BCUT2D eigenvalue weighted by molar-refractivity contribution is 0.570. The Morgan fingerprint density at radius 1 is 1.47 bits per heavy atom. The lowest BCUT2D eigenvalue weighted by atomic mass is 9.88. The molecule has 15 heavy (non-hydrogen) atoms. The van der Waals surface area contributed by atoms with Crippen LogP contribution in [0.4, 0.5) is 10.1 Å². The van der Waals surface area contributed by atoms with Gasteiger partial charge in [-0.15, -0.1) is 0 Å². The summed E-state index contributed by atoms with van der Waals surface area (Å²) in [5.74, 6) is 0.187. The van der Waals surface area contributed by atoms with Crippen molar-refractivity contribution in [2.75, 3.05) is 5.32 Å². The smallest absolute Gasteiger partial charge is 0.147 e. The molecule has 80 valence electrons. The summed E-state index contributed by atoms with van der Waals surface area (Å²) in [4.78, 5) is 0. The number of benzene rings is 1. The minimum atomic E-state index is -0.265. The predicted molar refractivity (Wildman–Crippen MR) is 61.8 cm³/mol. The molecule has 1 aromatic carbocycles. The van der Waals surface area contributed by atoms with E-state index in [4.69, 9.17) is 11.6 Å². The normalized spacial score (nSPS) is 19.3. The summed E-state index contributed by atoms with van der Waals surface area (Å²) in [5, 5.41) is 3.59. The second-order valence-electron chi connectivity index (χ2n) is 4.19. The van der Waals surface area contributed by atoms with Gasteiger partial charge in [0.15, 0.2) is 0 Å². The maximum atomic E-state index is 13.5. The molecule has 0 radical (unpaired) electrons. The highest BCUT2D eigenvalue weighted by Gasteiger charge is 2.32. The highest BCUT2D eigenvalue weighted by atomic mass is 35.5. The number of allylic oxidation sites excluding steroid dienone is 1. The van der Waals surface area contributed by atoms with Crippen LogP contribution in [0.15, 0.2) is 24.4 Å². The lowest BCUT2D eigenvalue weighted by Crippen LogP contribution is -2.06. The van der Waals surface area contributed by atoms with E-state index in [2.05, 4.69) is 25.7 Å². The van der Waals surface area contributed by atoms with Gasteiger partial charge < -0.3 is 5.32 Å². The Hall–Kier alpha value is -1.02. The lowest BCUT2D eigenvalue weighted by Gasteiger charge is -2.16. The molecule has 0 saturated carbocycles. The van der Waals surface area contributed by atoms with Gasteiger partial charge in [-0.25, -0.2) is 4.39 Å². The molecule has 0 amide bonds. The van der Waals surface area contributed by atoms with Gasteiger partial charge in [-0.3, -0.25) is 0 Å². The van der Waals surface area contributed by atoms with Crippen LogP contribution in [0.2, 0.25) is 5.02 Å². The Morgan fingerprint density at radius 2 is 2.13 bits per heavy atom. The van der Waals surface area contributed by atoms with Gasteiger partial charge in [0.2, 0.25) is 0 Å². The van der Waals surface area contributed by atoms with Crippen molar-refractivity contribution in [1.29, 1.82) is 0 Å². The number of hydrogen-bond donors (Lipinski definition) is 1. The van der Waals surface area contributed by atoms with Gasteiger partial charge in [-0.05, 0) is 18.1 Å². The number of nitrogens with one attached hydrogen (secondary N) is 1. The van der Waals surface area contributed by atoms with E-state index in [0.29, 0.717) is 16.6 Å². The Balaban J connectivity index is 2.62. The van der Waals surface area contributed by atoms with Crippen LogP contribution in [0.25, 0.3) is 0 Å². The minimum absolute atomic E-state index is 0.100. The molecule has 1 aliphatic rings. The molecule has 0 aliphatic carbocycles. The summed E-state index contributed by atoms with van der Waals surface area (Å²) in [6.45, 7) is 8.07. The van der Waals surface area contributed by atoms with Crippen molar-refractivity contribution in [1.82, 2.24) is 0 Å². The van der Waals surface area contributed by atoms with E-state index >= 15 is 0 Å². The third-order valence-electron chi connectivity index (χ3n) is 2.78. The van der Waals surface area contributed by atoms with Gasteiger partial charge in [0.1, 0.15) is 5.82 Å². The Bertz CT molecular complexity index is 426. The van der Waals surface area contributed by atoms with Crippen molar-refractivity contribution in [3.8, 4) is 0 Å². The van der Waals surface area contributed by atoms with Crippen molar-refractivity contribution in [3.05, 3.63) is 40.8 Å². The summed E-state index contributed by atoms with van der Waals surface area (Å²) in [7, 11) is 0. The highest BCUT2D eigenvalue weighted by molar-refractivity contribution is 6.32. The molecule has 1 aromatic rings. The first kappa shape index (κ1) is 10.5. The zero-order valence-corrected chi connectivity index (χ0v) is 9.53. The Kier molecular flexibility index (Phi) is 2.47. The molecule has 0 saturated heterocycles. The van der Waals surface area contributed by atoms with E-state index in [1.807, 2.05) is 0 Å². The molecule has 0 aromatic heterocycles. The standard InChI is InChI=1S/C12H13ClFN/c1-6(2)10-7(3)15-12-9(14)5-4-8(13)11(10)12/h4-6,10,15H,3H2,1-2H3. The van der Waals surface area contributed by atoms with Crippen molar-refractivity contribution in [2.45, 2.75) is 19.8 Å². The first-order chi connectivity index (χ1) is 7.02. The topological polar surface area (TPSA) is 12.0 Å². The largest absolute Gasteiger partial charge is 0.356 e. The van der Waals surface area contributed by atoms with Gasteiger partial charge in [0.05, 0.1) is 5.69 Å². The molecule has 1 aliphatic heterocycles. The van der Waals surface area contributed by atoms with Crippen molar-refractivity contribution >= 4 is 17.3 Å². The van der Waals surface area contributed by atoms with Crippen molar-refractivity contribution in [2.24, 2.45) is 5.92 Å². The first-order valence-electron chi connectivity index (χ1n) is 4.96. The summed E-state index contributed by atoms with van der Waals surface area (Å²) < 4.78 is 13.5. The summed E-state index contributed by atoms with van der Waals surface area (Å²) in [5.41, 5.74) is 2.16. The van der Waals surface area contributed by atoms with Crippen LogP contribution >= 0.6 is 11.6 Å². The fraction of sp³-hybridized carbons (Fsp3) is 0.333. The van der Waals surface area contributed by atoms with E-state index < -0.39 is 0 Å². The van der Waals surface area contributed by atoms with Crippen molar-refractivity contribution in [3.63, 3.8) is 0 Å². The van der Waals surface area contributed by atoms with E-state index in [1.165, 1.54) is 6.07 Å². The first-order valence-corrected chi connectivity index (χ1v) is 5.34. The fourth-order valence-corrected chi connectivity index (χ4v) is 2.42.